The summed E-state index contributed by atoms with van der Waals surface area (Å²) >= 11 is 0. The van der Waals surface area contributed by atoms with E-state index in [-0.39, 0.29) is 5.82 Å². The fraction of sp³-hybridized carbons (Fsp3) is 0.174. The number of benzene rings is 1. The van der Waals surface area contributed by atoms with Crippen LogP contribution in [0.15, 0.2) is 54.9 Å². The van der Waals surface area contributed by atoms with Crippen LogP contribution < -0.4 is 5.32 Å². The van der Waals surface area contributed by atoms with E-state index in [1.165, 1.54) is 12.1 Å². The van der Waals surface area contributed by atoms with Gasteiger partial charge in [0, 0.05) is 31.5 Å². The molecule has 7 heteroatoms. The van der Waals surface area contributed by atoms with Crippen molar-refractivity contribution >= 4 is 11.6 Å². The molecule has 0 amide bonds. The zero-order valence-electron chi connectivity index (χ0n) is 16.8. The number of imidazole rings is 1. The molecule has 0 atom stereocenters. The van der Waals surface area contributed by atoms with Crippen molar-refractivity contribution in [3.63, 3.8) is 0 Å². The van der Waals surface area contributed by atoms with Crippen LogP contribution in [-0.2, 0) is 6.54 Å². The lowest BCUT2D eigenvalue weighted by Gasteiger charge is -2.13. The first-order valence-electron chi connectivity index (χ1n) is 9.49. The normalized spacial score (nSPS) is 11.0. The topological polar surface area (TPSA) is 58.4 Å². The van der Waals surface area contributed by atoms with Crippen molar-refractivity contribution in [3.05, 3.63) is 66.2 Å². The van der Waals surface area contributed by atoms with Gasteiger partial charge in [0.25, 0.3) is 0 Å². The molecule has 3 heterocycles. The van der Waals surface area contributed by atoms with Crippen LogP contribution in [0.3, 0.4) is 0 Å². The fourth-order valence-electron chi connectivity index (χ4n) is 3.37. The molecular formula is C23H21FN6. The molecule has 0 saturated carbocycles. The van der Waals surface area contributed by atoms with E-state index in [9.17, 15) is 4.39 Å². The molecule has 0 fully saturated rings. The van der Waals surface area contributed by atoms with Gasteiger partial charge in [-0.25, -0.2) is 19.3 Å². The van der Waals surface area contributed by atoms with Gasteiger partial charge < -0.3 is 5.32 Å². The molecule has 4 rings (SSSR count). The fourth-order valence-corrected chi connectivity index (χ4v) is 3.37. The number of hydrogen-bond donors (Lipinski definition) is 1. The Morgan fingerprint density at radius 1 is 1.17 bits per heavy atom. The average molecular weight is 400 g/mol. The molecule has 0 unspecified atom stereocenters. The Labute approximate surface area is 174 Å². The van der Waals surface area contributed by atoms with Gasteiger partial charge in [-0.2, -0.15) is 0 Å². The van der Waals surface area contributed by atoms with Gasteiger partial charge >= 0.3 is 0 Å². The number of rotatable bonds is 6. The minimum absolute atomic E-state index is 0.289. The standard InChI is InChI=1S/C23H21FN6/c1-4-12-29(3)15-16-10-13-30-20(14-16)28-21(17-5-7-18(24)8-6-17)22(30)19-9-11-26-23(25-2)27-19/h1,5-11,13-14H,12,15H2,2-3H3,(H,25,26,27). The summed E-state index contributed by atoms with van der Waals surface area (Å²) in [5.74, 6) is 2.88. The average Bonchev–Trinajstić information content (AvgIpc) is 3.13. The van der Waals surface area contributed by atoms with Gasteiger partial charge in [0.05, 0.1) is 23.6 Å². The van der Waals surface area contributed by atoms with Gasteiger partial charge in [-0.15, -0.1) is 6.42 Å². The number of nitrogens with one attached hydrogen (secondary N) is 1. The summed E-state index contributed by atoms with van der Waals surface area (Å²) in [6.45, 7) is 1.28. The van der Waals surface area contributed by atoms with Crippen molar-refractivity contribution in [2.75, 3.05) is 26.0 Å². The minimum atomic E-state index is -0.289. The van der Waals surface area contributed by atoms with E-state index in [0.717, 1.165) is 33.9 Å². The van der Waals surface area contributed by atoms with Crippen LogP contribution in [0, 0.1) is 18.2 Å². The number of fused-ring (bicyclic) bond motifs is 1. The number of hydrogen-bond acceptors (Lipinski definition) is 5. The highest BCUT2D eigenvalue weighted by atomic mass is 19.1. The monoisotopic (exact) mass is 400 g/mol. The van der Waals surface area contributed by atoms with E-state index in [1.807, 2.05) is 35.8 Å². The molecule has 0 bridgehead atoms. The Balaban J connectivity index is 1.88. The second-order valence-corrected chi connectivity index (χ2v) is 6.97. The summed E-state index contributed by atoms with van der Waals surface area (Å²) in [6, 6.07) is 12.2. The molecule has 0 radical (unpaired) electrons. The van der Waals surface area contributed by atoms with Crippen molar-refractivity contribution in [2.45, 2.75) is 6.54 Å². The molecule has 3 aromatic heterocycles. The molecule has 6 nitrogen and oxygen atoms in total. The number of nitrogens with zero attached hydrogens (tertiary/aromatic N) is 5. The third-order valence-corrected chi connectivity index (χ3v) is 4.74. The van der Waals surface area contributed by atoms with Crippen LogP contribution in [0.1, 0.15) is 5.56 Å². The largest absolute Gasteiger partial charge is 0.357 e. The highest BCUT2D eigenvalue weighted by Gasteiger charge is 2.18. The van der Waals surface area contributed by atoms with E-state index in [2.05, 4.69) is 26.1 Å². The van der Waals surface area contributed by atoms with Crippen LogP contribution >= 0.6 is 0 Å². The number of halogens is 1. The highest BCUT2D eigenvalue weighted by molar-refractivity contribution is 5.80. The van der Waals surface area contributed by atoms with Crippen molar-refractivity contribution in [1.29, 1.82) is 0 Å². The molecule has 0 aliphatic carbocycles. The number of anilines is 1. The summed E-state index contributed by atoms with van der Waals surface area (Å²) in [6.07, 6.45) is 9.08. The van der Waals surface area contributed by atoms with Gasteiger partial charge in [0.1, 0.15) is 11.5 Å². The van der Waals surface area contributed by atoms with Crippen LogP contribution in [0.2, 0.25) is 0 Å². The predicted molar refractivity (Wildman–Crippen MR) is 116 cm³/mol. The second-order valence-electron chi connectivity index (χ2n) is 6.97. The Kier molecular flexibility index (Phi) is 5.42. The van der Waals surface area contributed by atoms with E-state index in [4.69, 9.17) is 11.4 Å². The minimum Gasteiger partial charge on any atom is -0.357 e. The summed E-state index contributed by atoms with van der Waals surface area (Å²) in [5, 5.41) is 2.96. The van der Waals surface area contributed by atoms with Crippen molar-refractivity contribution in [3.8, 4) is 35.0 Å². The van der Waals surface area contributed by atoms with E-state index < -0.39 is 0 Å². The lowest BCUT2D eigenvalue weighted by molar-refractivity contribution is 0.369. The Morgan fingerprint density at radius 3 is 2.70 bits per heavy atom. The summed E-state index contributed by atoms with van der Waals surface area (Å²) in [4.78, 5) is 15.7. The van der Waals surface area contributed by atoms with Crippen molar-refractivity contribution in [1.82, 2.24) is 24.3 Å². The van der Waals surface area contributed by atoms with Crippen LogP contribution in [0.4, 0.5) is 10.3 Å². The first kappa shape index (κ1) is 19.6. The van der Waals surface area contributed by atoms with Crippen molar-refractivity contribution in [2.24, 2.45) is 0 Å². The molecular weight excluding hydrogens is 379 g/mol. The van der Waals surface area contributed by atoms with Crippen LogP contribution in [0.5, 0.6) is 0 Å². The Hall–Kier alpha value is -3.76. The first-order valence-corrected chi connectivity index (χ1v) is 9.49. The molecule has 0 aliphatic heterocycles. The van der Waals surface area contributed by atoms with Gasteiger partial charge in [0.15, 0.2) is 0 Å². The quantitative estimate of drug-likeness (QED) is 0.500. The van der Waals surface area contributed by atoms with Crippen LogP contribution in [-0.4, -0.2) is 44.9 Å². The third kappa shape index (κ3) is 3.86. The zero-order valence-corrected chi connectivity index (χ0v) is 16.8. The number of aromatic nitrogens is 4. The summed E-state index contributed by atoms with van der Waals surface area (Å²) in [5.41, 5.74) is 4.95. The number of terminal acetylenes is 1. The van der Waals surface area contributed by atoms with Gasteiger partial charge in [0.2, 0.25) is 5.95 Å². The maximum Gasteiger partial charge on any atom is 0.222 e. The van der Waals surface area contributed by atoms with Gasteiger partial charge in [-0.3, -0.25) is 9.30 Å². The predicted octanol–water partition coefficient (Wildman–Crippen LogP) is 3.70. The molecule has 1 aromatic carbocycles. The summed E-state index contributed by atoms with van der Waals surface area (Å²) in [7, 11) is 3.75. The van der Waals surface area contributed by atoms with Gasteiger partial charge in [-0.05, 0) is 55.1 Å². The maximum absolute atomic E-state index is 13.5. The summed E-state index contributed by atoms with van der Waals surface area (Å²) < 4.78 is 15.5. The molecule has 0 aliphatic rings. The Morgan fingerprint density at radius 2 is 1.97 bits per heavy atom. The van der Waals surface area contributed by atoms with E-state index in [1.54, 1.807) is 25.4 Å². The van der Waals surface area contributed by atoms with Crippen molar-refractivity contribution < 1.29 is 4.39 Å². The first-order chi connectivity index (χ1) is 14.6. The Bertz CT molecular complexity index is 1220. The van der Waals surface area contributed by atoms with Crippen LogP contribution in [0.25, 0.3) is 28.3 Å². The third-order valence-electron chi connectivity index (χ3n) is 4.74. The smallest absolute Gasteiger partial charge is 0.222 e. The second kappa shape index (κ2) is 8.31. The van der Waals surface area contributed by atoms with Gasteiger partial charge in [-0.1, -0.05) is 5.92 Å². The SMILES string of the molecule is C#CCN(C)Cc1ccn2c(-c3ccnc(NC)n3)c(-c3ccc(F)cc3)nc2c1. The molecule has 1 N–H and O–H groups in total. The molecule has 0 saturated heterocycles. The highest BCUT2D eigenvalue weighted by Crippen LogP contribution is 2.32. The molecule has 4 aromatic rings. The lowest BCUT2D eigenvalue weighted by atomic mass is 10.1. The van der Waals surface area contributed by atoms with E-state index >= 15 is 0 Å². The molecule has 150 valence electrons. The maximum atomic E-state index is 13.5. The molecule has 30 heavy (non-hydrogen) atoms. The number of pyridine rings is 1. The zero-order chi connectivity index (χ0) is 21.1. The lowest BCUT2D eigenvalue weighted by Crippen LogP contribution is -2.17. The molecule has 0 spiro atoms. The van der Waals surface area contributed by atoms with E-state index in [0.29, 0.717) is 19.0 Å².